The van der Waals surface area contributed by atoms with Gasteiger partial charge in [-0.3, -0.25) is 14.0 Å². The smallest absolute Gasteiger partial charge is 0.275 e. The van der Waals surface area contributed by atoms with Gasteiger partial charge in [-0.2, -0.15) is 0 Å². The van der Waals surface area contributed by atoms with Crippen molar-refractivity contribution in [1.82, 2.24) is 29.5 Å². The molecule has 2 aromatic carbocycles. The average Bonchev–Trinajstić information content (AvgIpc) is 3.58. The number of ether oxygens (including phenoxy) is 1. The summed E-state index contributed by atoms with van der Waals surface area (Å²) in [4.78, 5) is 15.3. The maximum Gasteiger partial charge on any atom is 0.275 e. The molecule has 42 heavy (non-hydrogen) atoms. The molecule has 4 aromatic rings. The first kappa shape index (κ1) is 28.7. The number of carbonyl (C=O) groups is 1. The van der Waals surface area contributed by atoms with Gasteiger partial charge in [0.2, 0.25) is 5.91 Å². The number of carbonyl (C=O) groups excluding carboxylic acids is 1. The first-order chi connectivity index (χ1) is 20.1. The Bertz CT molecular complexity index is 1780. The molecule has 0 radical (unpaired) electrons. The van der Waals surface area contributed by atoms with Gasteiger partial charge in [0, 0.05) is 59.7 Å². The van der Waals surface area contributed by atoms with Crippen LogP contribution in [-0.4, -0.2) is 64.3 Å². The van der Waals surface area contributed by atoms with Crippen LogP contribution in [0.15, 0.2) is 65.3 Å². The fourth-order valence-electron chi connectivity index (χ4n) is 5.21. The molecule has 0 saturated heterocycles. The van der Waals surface area contributed by atoms with Crippen LogP contribution in [0.25, 0.3) is 10.1 Å². The molecule has 6 rings (SSSR count). The quantitative estimate of drug-likeness (QED) is 0.305. The van der Waals surface area contributed by atoms with E-state index in [0.29, 0.717) is 30.1 Å². The van der Waals surface area contributed by atoms with Crippen LogP contribution >= 0.6 is 22.9 Å². The summed E-state index contributed by atoms with van der Waals surface area (Å²) in [5.41, 5.74) is 2.67. The molecule has 4 heterocycles. The first-order valence-electron chi connectivity index (χ1n) is 13.7. The van der Waals surface area contributed by atoms with E-state index in [1.54, 1.807) is 23.0 Å². The number of nitrogens with zero attached hydrogens (tertiary/aromatic N) is 5. The van der Waals surface area contributed by atoms with Gasteiger partial charge < -0.3 is 10.1 Å². The van der Waals surface area contributed by atoms with Gasteiger partial charge in [0.05, 0.1) is 23.4 Å². The molecule has 0 aliphatic carbocycles. The van der Waals surface area contributed by atoms with Crippen LogP contribution in [-0.2, 0) is 27.8 Å². The van der Waals surface area contributed by atoms with Gasteiger partial charge in [-0.05, 0) is 38.6 Å². The number of halogens is 1. The zero-order valence-electron chi connectivity index (χ0n) is 23.4. The number of hydrogen-bond donors (Lipinski definition) is 1. The summed E-state index contributed by atoms with van der Waals surface area (Å²) in [6.07, 6.45) is 5.20. The Balaban J connectivity index is 1.25. The van der Waals surface area contributed by atoms with E-state index >= 15 is 0 Å². The van der Waals surface area contributed by atoms with Crippen molar-refractivity contribution in [3.05, 3.63) is 82.9 Å². The molecule has 0 spiro atoms. The third kappa shape index (κ3) is 5.28. The SMILES string of the molecule is CC(C)N(C)Cc1ccc2c(c1)OCCC2n1cc(CC2C(=O)NC=CN2S(=O)(=O)c2sc3ccccc3c2Cl)nn1. The molecule has 13 heteroatoms. The minimum absolute atomic E-state index is 0.00357. The predicted octanol–water partition coefficient (Wildman–Crippen LogP) is 4.56. The second-order valence-electron chi connectivity index (χ2n) is 10.8. The standard InChI is InChI=1S/C29H31ClN6O4S2/c1-18(2)34(3)16-19-8-9-21-23(10-13-40-25(21)14-19)35-17-20(32-33-35)15-24-28(37)31-11-12-36(24)42(38,39)29-27(30)22-6-4-5-7-26(22)41-29/h4-9,11-12,14,17-18,23-24H,10,13,15-16H2,1-3H3,(H,31,37). The Kier molecular flexibility index (Phi) is 7.73. The number of nitrogens with one attached hydrogen (secondary N) is 1. The summed E-state index contributed by atoms with van der Waals surface area (Å²) in [6, 6.07) is 12.8. The summed E-state index contributed by atoms with van der Waals surface area (Å²) in [5.74, 6) is 0.371. The minimum Gasteiger partial charge on any atom is -0.493 e. The van der Waals surface area contributed by atoms with Gasteiger partial charge in [0.25, 0.3) is 10.0 Å². The summed E-state index contributed by atoms with van der Waals surface area (Å²) in [7, 11) is -2.04. The summed E-state index contributed by atoms with van der Waals surface area (Å²) in [6.45, 7) is 5.67. The summed E-state index contributed by atoms with van der Waals surface area (Å²) < 4.78 is 37.2. The lowest BCUT2D eigenvalue weighted by molar-refractivity contribution is -0.124. The molecule has 0 bridgehead atoms. The highest BCUT2D eigenvalue weighted by molar-refractivity contribution is 7.91. The highest BCUT2D eigenvalue weighted by Gasteiger charge is 2.38. The van der Waals surface area contributed by atoms with E-state index in [2.05, 4.69) is 59.6 Å². The lowest BCUT2D eigenvalue weighted by atomic mass is 9.98. The molecular formula is C29H31ClN6O4S2. The van der Waals surface area contributed by atoms with Gasteiger partial charge in [0.1, 0.15) is 11.8 Å². The highest BCUT2D eigenvalue weighted by atomic mass is 35.5. The first-order valence-corrected chi connectivity index (χ1v) is 16.3. The monoisotopic (exact) mass is 626 g/mol. The Morgan fingerprint density at radius 1 is 1.24 bits per heavy atom. The van der Waals surface area contributed by atoms with Crippen molar-refractivity contribution in [2.45, 2.75) is 55.6 Å². The van der Waals surface area contributed by atoms with Gasteiger partial charge in [-0.25, -0.2) is 13.1 Å². The molecule has 2 unspecified atom stereocenters. The second kappa shape index (κ2) is 11.3. The molecule has 2 aliphatic heterocycles. The van der Waals surface area contributed by atoms with Crippen LogP contribution in [0.1, 0.15) is 43.1 Å². The maximum atomic E-state index is 13.8. The van der Waals surface area contributed by atoms with Gasteiger partial charge >= 0.3 is 0 Å². The predicted molar refractivity (Wildman–Crippen MR) is 162 cm³/mol. The summed E-state index contributed by atoms with van der Waals surface area (Å²) in [5, 5.41) is 12.1. The largest absolute Gasteiger partial charge is 0.493 e. The minimum atomic E-state index is -4.13. The van der Waals surface area contributed by atoms with E-state index < -0.39 is 22.0 Å². The van der Waals surface area contributed by atoms with Gasteiger partial charge in [-0.1, -0.05) is 47.1 Å². The molecule has 1 N–H and O–H groups in total. The van der Waals surface area contributed by atoms with Crippen molar-refractivity contribution in [3.8, 4) is 5.75 Å². The van der Waals surface area contributed by atoms with E-state index in [0.717, 1.165) is 38.2 Å². The van der Waals surface area contributed by atoms with Crippen LogP contribution in [0.2, 0.25) is 5.02 Å². The van der Waals surface area contributed by atoms with Crippen LogP contribution in [0.5, 0.6) is 5.75 Å². The second-order valence-corrected chi connectivity index (χ2v) is 14.3. The van der Waals surface area contributed by atoms with Gasteiger partial charge in [0.15, 0.2) is 4.21 Å². The van der Waals surface area contributed by atoms with Crippen LogP contribution in [0.4, 0.5) is 0 Å². The Labute approximate surface area is 253 Å². The number of benzene rings is 2. The lowest BCUT2D eigenvalue weighted by Crippen LogP contribution is -2.50. The number of sulfonamides is 1. The molecule has 0 fully saturated rings. The molecular weight excluding hydrogens is 596 g/mol. The Morgan fingerprint density at radius 2 is 2.05 bits per heavy atom. The van der Waals surface area contributed by atoms with E-state index in [1.807, 2.05) is 12.1 Å². The third-order valence-electron chi connectivity index (χ3n) is 7.75. The molecule has 220 valence electrons. The zero-order valence-corrected chi connectivity index (χ0v) is 25.8. The Hall–Kier alpha value is -3.45. The van der Waals surface area contributed by atoms with Gasteiger partial charge in [-0.15, -0.1) is 16.4 Å². The maximum absolute atomic E-state index is 13.8. The number of thiophene rings is 1. The number of amides is 1. The average molecular weight is 627 g/mol. The number of fused-ring (bicyclic) bond motifs is 2. The zero-order chi connectivity index (χ0) is 29.6. The molecule has 2 atom stereocenters. The molecule has 10 nitrogen and oxygen atoms in total. The summed E-state index contributed by atoms with van der Waals surface area (Å²) >= 11 is 7.61. The molecule has 0 saturated carbocycles. The lowest BCUT2D eigenvalue weighted by Gasteiger charge is -2.30. The normalized spacial score (nSPS) is 18.9. The number of rotatable bonds is 8. The Morgan fingerprint density at radius 3 is 2.83 bits per heavy atom. The number of aromatic nitrogens is 3. The van der Waals surface area contributed by atoms with E-state index in [1.165, 1.54) is 18.0 Å². The topological polar surface area (TPSA) is 110 Å². The van der Waals surface area contributed by atoms with Crippen LogP contribution < -0.4 is 10.1 Å². The van der Waals surface area contributed by atoms with Crippen molar-refractivity contribution in [2.24, 2.45) is 0 Å². The van der Waals surface area contributed by atoms with Crippen molar-refractivity contribution in [3.63, 3.8) is 0 Å². The fourth-order valence-corrected chi connectivity index (χ4v) is 8.87. The van der Waals surface area contributed by atoms with Crippen molar-refractivity contribution in [1.29, 1.82) is 0 Å². The molecule has 2 aliphatic rings. The van der Waals surface area contributed by atoms with Crippen LogP contribution in [0.3, 0.4) is 0 Å². The van der Waals surface area contributed by atoms with Crippen molar-refractivity contribution >= 4 is 49.0 Å². The number of hydrogen-bond acceptors (Lipinski definition) is 8. The van der Waals surface area contributed by atoms with E-state index in [9.17, 15) is 13.2 Å². The highest BCUT2D eigenvalue weighted by Crippen LogP contribution is 2.41. The third-order valence-corrected chi connectivity index (χ3v) is 11.8. The van der Waals surface area contributed by atoms with E-state index in [4.69, 9.17) is 16.3 Å². The van der Waals surface area contributed by atoms with Crippen molar-refractivity contribution < 1.29 is 17.9 Å². The van der Waals surface area contributed by atoms with Crippen molar-refractivity contribution in [2.75, 3.05) is 13.7 Å². The fraction of sp³-hybridized carbons (Fsp3) is 0.345. The van der Waals surface area contributed by atoms with Crippen LogP contribution in [0, 0.1) is 0 Å². The molecule has 2 aromatic heterocycles. The van der Waals surface area contributed by atoms with E-state index in [-0.39, 0.29) is 21.7 Å². The molecule has 1 amide bonds.